The van der Waals surface area contributed by atoms with Crippen LogP contribution in [-0.4, -0.2) is 21.5 Å². The van der Waals surface area contributed by atoms with Crippen LogP contribution in [0.2, 0.25) is 0 Å². The molecule has 130 valence electrons. The standard InChI is InChI=1S/C18H19FN4OS/c1-2-24-17-6-4-3-5-15(17)11-21-23-13-20-22-18(23)25-12-14-7-9-16(19)10-8-14/h3-10,13,21H,2,11-12H2,1H3. The Morgan fingerprint density at radius 2 is 1.96 bits per heavy atom. The van der Waals surface area contributed by atoms with E-state index < -0.39 is 0 Å². The zero-order valence-electron chi connectivity index (χ0n) is 13.9. The van der Waals surface area contributed by atoms with Crippen LogP contribution in [-0.2, 0) is 12.3 Å². The minimum atomic E-state index is -0.230. The van der Waals surface area contributed by atoms with Crippen LogP contribution in [0, 0.1) is 5.82 Å². The van der Waals surface area contributed by atoms with Gasteiger partial charge >= 0.3 is 0 Å². The van der Waals surface area contributed by atoms with Gasteiger partial charge in [0, 0.05) is 11.3 Å². The van der Waals surface area contributed by atoms with Crippen molar-refractivity contribution in [3.8, 4) is 5.75 Å². The van der Waals surface area contributed by atoms with Crippen LogP contribution in [0.25, 0.3) is 0 Å². The molecule has 0 bridgehead atoms. The summed E-state index contributed by atoms with van der Waals surface area (Å²) in [6, 6.07) is 14.4. The van der Waals surface area contributed by atoms with Crippen molar-refractivity contribution in [1.82, 2.24) is 14.9 Å². The minimum absolute atomic E-state index is 0.230. The number of hydrogen-bond acceptors (Lipinski definition) is 5. The first kappa shape index (κ1) is 17.3. The molecular formula is C18H19FN4OS. The first-order valence-corrected chi connectivity index (χ1v) is 8.96. The van der Waals surface area contributed by atoms with Crippen LogP contribution in [0.15, 0.2) is 60.0 Å². The van der Waals surface area contributed by atoms with Crippen molar-refractivity contribution < 1.29 is 9.13 Å². The molecule has 0 saturated carbocycles. The van der Waals surface area contributed by atoms with Crippen LogP contribution in [0.5, 0.6) is 5.75 Å². The average molecular weight is 358 g/mol. The Morgan fingerprint density at radius 1 is 1.16 bits per heavy atom. The number of nitrogens with zero attached hydrogens (tertiary/aromatic N) is 3. The van der Waals surface area contributed by atoms with Gasteiger partial charge in [0.1, 0.15) is 17.9 Å². The Balaban J connectivity index is 1.61. The van der Waals surface area contributed by atoms with Crippen molar-refractivity contribution in [2.24, 2.45) is 0 Å². The zero-order valence-corrected chi connectivity index (χ0v) is 14.7. The Labute approximate surface area is 150 Å². The third kappa shape index (κ3) is 4.73. The van der Waals surface area contributed by atoms with Crippen LogP contribution in [0.3, 0.4) is 0 Å². The number of thioether (sulfide) groups is 1. The normalized spacial score (nSPS) is 10.6. The number of benzene rings is 2. The molecule has 0 saturated heterocycles. The second kappa shape index (κ2) is 8.53. The Morgan fingerprint density at radius 3 is 2.76 bits per heavy atom. The number of aromatic nitrogens is 3. The lowest BCUT2D eigenvalue weighted by Crippen LogP contribution is -2.15. The lowest BCUT2D eigenvalue weighted by molar-refractivity contribution is 0.336. The second-order valence-corrected chi connectivity index (χ2v) is 6.22. The van der Waals surface area contributed by atoms with Gasteiger partial charge in [-0.2, -0.15) is 0 Å². The molecule has 3 rings (SSSR count). The Hall–Kier alpha value is -2.54. The van der Waals surface area contributed by atoms with Gasteiger partial charge in [0.15, 0.2) is 0 Å². The molecule has 0 unspecified atom stereocenters. The molecule has 25 heavy (non-hydrogen) atoms. The van der Waals surface area contributed by atoms with Gasteiger partial charge in [-0.05, 0) is 30.7 Å². The molecule has 3 aromatic rings. The summed E-state index contributed by atoms with van der Waals surface area (Å²) >= 11 is 1.54. The van der Waals surface area contributed by atoms with Crippen molar-refractivity contribution >= 4 is 11.8 Å². The number of para-hydroxylation sites is 1. The zero-order chi connectivity index (χ0) is 17.5. The summed E-state index contributed by atoms with van der Waals surface area (Å²) in [5.41, 5.74) is 5.38. The van der Waals surface area contributed by atoms with E-state index in [2.05, 4.69) is 15.6 Å². The second-order valence-electron chi connectivity index (χ2n) is 5.27. The largest absolute Gasteiger partial charge is 0.494 e. The van der Waals surface area contributed by atoms with Crippen molar-refractivity contribution in [2.45, 2.75) is 24.4 Å². The van der Waals surface area contributed by atoms with Gasteiger partial charge in [0.05, 0.1) is 13.2 Å². The summed E-state index contributed by atoms with van der Waals surface area (Å²) in [6.45, 7) is 3.19. The monoisotopic (exact) mass is 358 g/mol. The molecule has 0 amide bonds. The number of halogens is 1. The van der Waals surface area contributed by atoms with Gasteiger partial charge in [0.25, 0.3) is 0 Å². The predicted octanol–water partition coefficient (Wildman–Crippen LogP) is 3.85. The molecule has 0 aliphatic carbocycles. The van der Waals surface area contributed by atoms with E-state index in [1.807, 2.05) is 31.2 Å². The lowest BCUT2D eigenvalue weighted by Gasteiger charge is -2.13. The summed E-state index contributed by atoms with van der Waals surface area (Å²) < 4.78 is 20.4. The quantitative estimate of drug-likeness (QED) is 0.620. The minimum Gasteiger partial charge on any atom is -0.494 e. The number of nitrogens with one attached hydrogen (secondary N) is 1. The molecule has 0 fully saturated rings. The van der Waals surface area contributed by atoms with E-state index in [-0.39, 0.29) is 5.82 Å². The summed E-state index contributed by atoms with van der Waals surface area (Å²) in [6.07, 6.45) is 1.64. The third-order valence-electron chi connectivity index (χ3n) is 3.51. The molecule has 2 aromatic carbocycles. The van der Waals surface area contributed by atoms with Crippen molar-refractivity contribution in [3.63, 3.8) is 0 Å². The summed E-state index contributed by atoms with van der Waals surface area (Å²) in [7, 11) is 0. The van der Waals surface area contributed by atoms with E-state index in [1.165, 1.54) is 23.9 Å². The van der Waals surface area contributed by atoms with Gasteiger partial charge in [-0.3, -0.25) is 0 Å². The molecule has 5 nitrogen and oxygen atoms in total. The molecule has 0 radical (unpaired) electrons. The fourth-order valence-electron chi connectivity index (χ4n) is 2.28. The first-order chi connectivity index (χ1) is 12.3. The number of ether oxygens (including phenoxy) is 1. The van der Waals surface area contributed by atoms with Crippen molar-refractivity contribution in [3.05, 3.63) is 71.8 Å². The van der Waals surface area contributed by atoms with Crippen molar-refractivity contribution in [1.29, 1.82) is 0 Å². The lowest BCUT2D eigenvalue weighted by atomic mass is 10.2. The number of hydrogen-bond donors (Lipinski definition) is 1. The molecule has 1 aromatic heterocycles. The molecule has 0 atom stereocenters. The van der Waals surface area contributed by atoms with Crippen LogP contribution in [0.4, 0.5) is 4.39 Å². The van der Waals surface area contributed by atoms with Gasteiger partial charge < -0.3 is 10.2 Å². The predicted molar refractivity (Wildman–Crippen MR) is 96.7 cm³/mol. The van der Waals surface area contributed by atoms with Crippen LogP contribution >= 0.6 is 11.8 Å². The maximum Gasteiger partial charge on any atom is 0.210 e. The highest BCUT2D eigenvalue weighted by molar-refractivity contribution is 7.98. The fraction of sp³-hybridized carbons (Fsp3) is 0.222. The summed E-state index contributed by atoms with van der Waals surface area (Å²) in [5.74, 6) is 1.33. The van der Waals surface area contributed by atoms with E-state index in [4.69, 9.17) is 4.74 Å². The number of rotatable bonds is 8. The topological polar surface area (TPSA) is 52.0 Å². The highest BCUT2D eigenvalue weighted by atomic mass is 32.2. The van der Waals surface area contributed by atoms with Gasteiger partial charge in [-0.15, -0.1) is 10.2 Å². The molecule has 0 aliphatic heterocycles. The van der Waals surface area contributed by atoms with E-state index in [0.717, 1.165) is 22.0 Å². The van der Waals surface area contributed by atoms with E-state index in [9.17, 15) is 4.39 Å². The third-order valence-corrected chi connectivity index (χ3v) is 4.52. The van der Waals surface area contributed by atoms with Crippen LogP contribution < -0.4 is 10.2 Å². The fourth-order valence-corrected chi connectivity index (χ4v) is 3.12. The Bertz CT molecular complexity index is 807. The smallest absolute Gasteiger partial charge is 0.210 e. The maximum absolute atomic E-state index is 13.0. The van der Waals surface area contributed by atoms with E-state index in [0.29, 0.717) is 18.9 Å². The summed E-state index contributed by atoms with van der Waals surface area (Å²) in [5, 5.41) is 8.83. The summed E-state index contributed by atoms with van der Waals surface area (Å²) in [4.78, 5) is 0. The molecular weight excluding hydrogens is 339 g/mol. The molecule has 1 heterocycles. The van der Waals surface area contributed by atoms with E-state index in [1.54, 1.807) is 23.1 Å². The molecule has 7 heteroatoms. The van der Waals surface area contributed by atoms with Gasteiger partial charge in [-0.1, -0.05) is 42.1 Å². The van der Waals surface area contributed by atoms with E-state index >= 15 is 0 Å². The van der Waals surface area contributed by atoms with Gasteiger partial charge in [-0.25, -0.2) is 9.07 Å². The average Bonchev–Trinajstić information content (AvgIpc) is 3.08. The molecule has 0 aliphatic rings. The van der Waals surface area contributed by atoms with Gasteiger partial charge in [0.2, 0.25) is 5.16 Å². The molecule has 0 spiro atoms. The van der Waals surface area contributed by atoms with Crippen LogP contribution in [0.1, 0.15) is 18.1 Å². The molecule has 1 N–H and O–H groups in total. The highest BCUT2D eigenvalue weighted by Gasteiger charge is 2.07. The Kier molecular flexibility index (Phi) is 5.90. The maximum atomic E-state index is 13.0. The van der Waals surface area contributed by atoms with Crippen molar-refractivity contribution in [2.75, 3.05) is 12.0 Å². The first-order valence-electron chi connectivity index (χ1n) is 7.98. The highest BCUT2D eigenvalue weighted by Crippen LogP contribution is 2.21. The SMILES string of the molecule is CCOc1ccccc1CNn1cnnc1SCc1ccc(F)cc1.